The van der Waals surface area contributed by atoms with Gasteiger partial charge >= 0.3 is 6.18 Å². The van der Waals surface area contributed by atoms with Crippen molar-refractivity contribution in [3.05, 3.63) is 77.5 Å². The molecule has 1 N–H and O–H groups in total. The molecule has 0 amide bonds. The molecule has 164 valence electrons. The summed E-state index contributed by atoms with van der Waals surface area (Å²) in [6.07, 6.45) is -1.73. The Bertz CT molecular complexity index is 1280. The molecule has 6 nitrogen and oxygen atoms in total. The van der Waals surface area contributed by atoms with Gasteiger partial charge in [-0.05, 0) is 44.2 Å². The number of aromatic nitrogens is 6. The van der Waals surface area contributed by atoms with E-state index in [0.29, 0.717) is 11.4 Å². The maximum atomic E-state index is 14.2. The Morgan fingerprint density at radius 3 is 2.03 bits per heavy atom. The molecule has 0 aliphatic rings. The van der Waals surface area contributed by atoms with E-state index in [9.17, 15) is 22.0 Å². The fourth-order valence-electron chi connectivity index (χ4n) is 3.05. The standard InChI is InChI=1S/C21H15F5N6/c1-20(2,15-5-7-27-18(29-15)12-4-3-11(22)9-13(12)23)16-6-8-28-19(30-16)14-10-17(32-31-14)21(24,25)26/h3-10H,1-2H3,(H,31,32). The molecule has 0 atom stereocenters. The zero-order chi connectivity index (χ0) is 23.1. The maximum absolute atomic E-state index is 14.2. The first-order valence-electron chi connectivity index (χ1n) is 9.31. The lowest BCUT2D eigenvalue weighted by Crippen LogP contribution is -2.23. The Balaban J connectivity index is 1.71. The quantitative estimate of drug-likeness (QED) is 0.449. The largest absolute Gasteiger partial charge is 0.432 e. The van der Waals surface area contributed by atoms with Crippen LogP contribution in [0.2, 0.25) is 0 Å². The first-order valence-corrected chi connectivity index (χ1v) is 9.31. The number of nitrogens with zero attached hydrogens (tertiary/aromatic N) is 5. The van der Waals surface area contributed by atoms with Crippen LogP contribution in [0.4, 0.5) is 22.0 Å². The zero-order valence-corrected chi connectivity index (χ0v) is 16.7. The summed E-state index contributed by atoms with van der Waals surface area (Å²) in [5.74, 6) is -1.46. The molecular formula is C21H15F5N6. The summed E-state index contributed by atoms with van der Waals surface area (Å²) in [5.41, 5.74) is -0.982. The predicted molar refractivity (Wildman–Crippen MR) is 104 cm³/mol. The van der Waals surface area contributed by atoms with Crippen LogP contribution < -0.4 is 0 Å². The second-order valence-electron chi connectivity index (χ2n) is 7.44. The van der Waals surface area contributed by atoms with Gasteiger partial charge in [0.1, 0.15) is 23.0 Å². The molecule has 1 aromatic carbocycles. The first-order chi connectivity index (χ1) is 15.1. The lowest BCUT2D eigenvalue weighted by atomic mass is 9.85. The van der Waals surface area contributed by atoms with E-state index < -0.39 is 28.9 Å². The van der Waals surface area contributed by atoms with Gasteiger partial charge in [0.2, 0.25) is 0 Å². The third-order valence-electron chi connectivity index (χ3n) is 4.88. The van der Waals surface area contributed by atoms with Crippen LogP contribution >= 0.6 is 0 Å². The molecule has 11 heteroatoms. The van der Waals surface area contributed by atoms with Crippen LogP contribution in [0.25, 0.3) is 22.9 Å². The number of hydrogen-bond acceptors (Lipinski definition) is 5. The van der Waals surface area contributed by atoms with Crippen LogP contribution in [0.1, 0.15) is 30.9 Å². The second kappa shape index (κ2) is 7.74. The minimum Gasteiger partial charge on any atom is -0.273 e. The third-order valence-corrected chi connectivity index (χ3v) is 4.88. The van der Waals surface area contributed by atoms with Crippen LogP contribution in [0.3, 0.4) is 0 Å². The number of alkyl halides is 3. The van der Waals surface area contributed by atoms with E-state index in [1.807, 2.05) is 5.10 Å². The van der Waals surface area contributed by atoms with E-state index >= 15 is 0 Å². The molecular weight excluding hydrogens is 431 g/mol. The summed E-state index contributed by atoms with van der Waals surface area (Å²) >= 11 is 0. The molecule has 3 aromatic heterocycles. The van der Waals surface area contributed by atoms with Crippen LogP contribution in [0.5, 0.6) is 0 Å². The lowest BCUT2D eigenvalue weighted by Gasteiger charge is -2.24. The summed E-state index contributed by atoms with van der Waals surface area (Å²) in [5, 5.41) is 5.58. The number of nitrogens with one attached hydrogen (secondary N) is 1. The van der Waals surface area contributed by atoms with Crippen molar-refractivity contribution in [2.75, 3.05) is 0 Å². The van der Waals surface area contributed by atoms with Gasteiger partial charge in [0.15, 0.2) is 11.6 Å². The lowest BCUT2D eigenvalue weighted by molar-refractivity contribution is -0.141. The SMILES string of the molecule is CC(C)(c1ccnc(-c2cc(C(F)(F)F)[nH]n2)n1)c1ccnc(-c2ccc(F)cc2F)n1. The van der Waals surface area contributed by atoms with Crippen molar-refractivity contribution in [2.24, 2.45) is 0 Å². The number of benzene rings is 1. The fraction of sp³-hybridized carbons (Fsp3) is 0.190. The molecule has 32 heavy (non-hydrogen) atoms. The topological polar surface area (TPSA) is 80.2 Å². The van der Waals surface area contributed by atoms with Crippen molar-refractivity contribution in [3.8, 4) is 22.9 Å². The van der Waals surface area contributed by atoms with Crippen LogP contribution in [0, 0.1) is 11.6 Å². The van der Waals surface area contributed by atoms with E-state index in [2.05, 4.69) is 25.0 Å². The highest BCUT2D eigenvalue weighted by Gasteiger charge is 2.34. The Morgan fingerprint density at radius 2 is 1.44 bits per heavy atom. The molecule has 0 unspecified atom stereocenters. The predicted octanol–water partition coefficient (Wildman–Crippen LogP) is 4.95. The molecule has 3 heterocycles. The maximum Gasteiger partial charge on any atom is 0.432 e. The van der Waals surface area contributed by atoms with Crippen molar-refractivity contribution < 1.29 is 22.0 Å². The number of rotatable bonds is 4. The van der Waals surface area contributed by atoms with Gasteiger partial charge in [-0.15, -0.1) is 0 Å². The van der Waals surface area contributed by atoms with Crippen molar-refractivity contribution >= 4 is 0 Å². The summed E-state index contributed by atoms with van der Waals surface area (Å²) < 4.78 is 66.0. The smallest absolute Gasteiger partial charge is 0.273 e. The molecule has 0 aliphatic carbocycles. The molecule has 4 aromatic rings. The molecule has 4 rings (SSSR count). The molecule has 0 aliphatic heterocycles. The van der Waals surface area contributed by atoms with Crippen molar-refractivity contribution in [1.29, 1.82) is 0 Å². The average molecular weight is 446 g/mol. The van der Waals surface area contributed by atoms with Crippen LogP contribution in [0.15, 0.2) is 48.8 Å². The summed E-state index contributed by atoms with van der Waals surface area (Å²) in [4.78, 5) is 16.9. The molecule has 0 spiro atoms. The Morgan fingerprint density at radius 1 is 0.812 bits per heavy atom. The summed E-state index contributed by atoms with van der Waals surface area (Å²) in [7, 11) is 0. The van der Waals surface area contributed by atoms with E-state index in [1.165, 1.54) is 18.5 Å². The highest BCUT2D eigenvalue weighted by atomic mass is 19.4. The normalized spacial score (nSPS) is 12.2. The first kappa shape index (κ1) is 21.5. The highest BCUT2D eigenvalue weighted by Crippen LogP contribution is 2.32. The van der Waals surface area contributed by atoms with Crippen molar-refractivity contribution in [3.63, 3.8) is 0 Å². The monoisotopic (exact) mass is 446 g/mol. The summed E-state index contributed by atoms with van der Waals surface area (Å²) in [6, 6.07) is 7.13. The Kier molecular flexibility index (Phi) is 5.19. The van der Waals surface area contributed by atoms with E-state index in [4.69, 9.17) is 0 Å². The number of H-pyrrole nitrogens is 1. The van der Waals surface area contributed by atoms with E-state index in [0.717, 1.165) is 18.2 Å². The minimum absolute atomic E-state index is 0.00110. The van der Waals surface area contributed by atoms with Gasteiger partial charge in [-0.3, -0.25) is 5.10 Å². The third kappa shape index (κ3) is 4.05. The van der Waals surface area contributed by atoms with Crippen LogP contribution in [-0.2, 0) is 11.6 Å². The van der Waals surface area contributed by atoms with Gasteiger partial charge in [-0.25, -0.2) is 28.7 Å². The minimum atomic E-state index is -4.57. The van der Waals surface area contributed by atoms with Crippen molar-refractivity contribution in [2.45, 2.75) is 25.4 Å². The molecule has 0 fully saturated rings. The van der Waals surface area contributed by atoms with Gasteiger partial charge in [-0.2, -0.15) is 18.3 Å². The van der Waals surface area contributed by atoms with Gasteiger partial charge in [0, 0.05) is 23.9 Å². The fourth-order valence-corrected chi connectivity index (χ4v) is 3.05. The van der Waals surface area contributed by atoms with Gasteiger partial charge < -0.3 is 0 Å². The number of aromatic amines is 1. The highest BCUT2D eigenvalue weighted by molar-refractivity contribution is 5.56. The molecule has 0 bridgehead atoms. The van der Waals surface area contributed by atoms with Crippen molar-refractivity contribution in [1.82, 2.24) is 30.1 Å². The van der Waals surface area contributed by atoms with Gasteiger partial charge in [-0.1, -0.05) is 0 Å². The van der Waals surface area contributed by atoms with Gasteiger partial charge in [0.25, 0.3) is 0 Å². The molecule has 0 radical (unpaired) electrons. The Labute approximate surface area is 178 Å². The number of hydrogen-bond donors (Lipinski definition) is 1. The average Bonchev–Trinajstić information content (AvgIpc) is 3.25. The van der Waals surface area contributed by atoms with E-state index in [1.54, 1.807) is 26.0 Å². The van der Waals surface area contributed by atoms with Gasteiger partial charge in [0.05, 0.1) is 17.0 Å². The van der Waals surface area contributed by atoms with Crippen LogP contribution in [-0.4, -0.2) is 30.1 Å². The summed E-state index contributed by atoms with van der Waals surface area (Å²) in [6.45, 7) is 3.58. The molecule has 0 saturated heterocycles. The van der Waals surface area contributed by atoms with E-state index in [-0.39, 0.29) is 22.9 Å². The number of halogens is 5. The second-order valence-corrected chi connectivity index (χ2v) is 7.44. The Hall–Kier alpha value is -3.76. The molecule has 0 saturated carbocycles. The zero-order valence-electron chi connectivity index (χ0n) is 16.7.